The number of fused-ring (bicyclic) bond motifs is 2. The number of pyridine rings is 2. The predicted molar refractivity (Wildman–Crippen MR) is 224 cm³/mol. The molecule has 6 aromatic heterocycles. The first-order chi connectivity index (χ1) is 28.8. The van der Waals surface area contributed by atoms with E-state index in [1.54, 1.807) is 10.9 Å². The Kier molecular flexibility index (Phi) is 10.5. The lowest BCUT2D eigenvalue weighted by molar-refractivity contribution is 0.00624. The van der Waals surface area contributed by atoms with Crippen LogP contribution in [0.25, 0.3) is 11.3 Å². The van der Waals surface area contributed by atoms with Crippen molar-refractivity contribution in [2.45, 2.75) is 77.0 Å². The first kappa shape index (κ1) is 39.6. The fourth-order valence-corrected chi connectivity index (χ4v) is 7.90. The summed E-state index contributed by atoms with van der Waals surface area (Å²) in [5.74, 6) is -0.212. The Bertz CT molecular complexity index is 2510. The molecule has 4 aliphatic rings. The molecule has 0 unspecified atom stereocenters. The lowest BCUT2D eigenvalue weighted by atomic mass is 10.1. The van der Waals surface area contributed by atoms with Crippen LogP contribution in [-0.2, 0) is 17.8 Å². The highest BCUT2D eigenvalue weighted by atomic mass is 16.6. The molecule has 2 saturated heterocycles. The van der Waals surface area contributed by atoms with Gasteiger partial charge in [-0.3, -0.25) is 0 Å². The summed E-state index contributed by atoms with van der Waals surface area (Å²) in [5, 5.41) is 24.7. The summed E-state index contributed by atoms with van der Waals surface area (Å²) in [6.45, 7) is 14.5. The number of ether oxygens (including phenoxy) is 1. The van der Waals surface area contributed by atoms with E-state index in [4.69, 9.17) is 19.8 Å². The number of esters is 1. The normalized spacial score (nSPS) is 17.9. The molecule has 0 atom stereocenters. The smallest absolute Gasteiger partial charge is 0.361 e. The molecular formula is C42H54N14O4. The van der Waals surface area contributed by atoms with Crippen molar-refractivity contribution in [3.63, 3.8) is 0 Å². The number of carbonyl (C=O) groups excluding carboxylic acids is 1. The highest BCUT2D eigenvalue weighted by molar-refractivity contribution is 5.87. The van der Waals surface area contributed by atoms with Gasteiger partial charge in [-0.05, 0) is 95.6 Å². The third-order valence-electron chi connectivity index (χ3n) is 11.5. The number of carboxylic acids is 1. The molecule has 1 N–H and O–H groups in total. The van der Waals surface area contributed by atoms with Gasteiger partial charge in [0.2, 0.25) is 0 Å². The maximum atomic E-state index is 12.3. The number of aromatic nitrogens is 10. The predicted octanol–water partition coefficient (Wildman–Crippen LogP) is 3.86. The Morgan fingerprint density at radius 3 is 1.48 bits per heavy atom. The summed E-state index contributed by atoms with van der Waals surface area (Å²) in [4.78, 5) is 42.6. The van der Waals surface area contributed by atoms with Crippen LogP contribution in [0.2, 0.25) is 0 Å². The number of anilines is 2. The maximum Gasteiger partial charge on any atom is 0.361 e. The second kappa shape index (κ2) is 15.9. The van der Waals surface area contributed by atoms with E-state index in [1.165, 1.54) is 59.1 Å². The minimum Gasteiger partial charge on any atom is -0.476 e. The highest BCUT2D eigenvalue weighted by Crippen LogP contribution is 2.43. The van der Waals surface area contributed by atoms with Gasteiger partial charge in [0, 0.05) is 77.1 Å². The van der Waals surface area contributed by atoms with Crippen molar-refractivity contribution >= 4 is 34.6 Å². The van der Waals surface area contributed by atoms with Crippen molar-refractivity contribution in [2.24, 2.45) is 0 Å². The molecule has 0 spiro atoms. The van der Waals surface area contributed by atoms with E-state index in [-0.39, 0.29) is 11.4 Å². The van der Waals surface area contributed by atoms with Crippen molar-refractivity contribution in [3.8, 4) is 0 Å². The first-order valence-corrected chi connectivity index (χ1v) is 21.0. The summed E-state index contributed by atoms with van der Waals surface area (Å²) >= 11 is 0. The lowest BCUT2D eigenvalue weighted by Gasteiger charge is -2.34. The lowest BCUT2D eigenvalue weighted by Crippen LogP contribution is -2.44. The Morgan fingerprint density at radius 2 is 1.08 bits per heavy atom. The summed E-state index contributed by atoms with van der Waals surface area (Å²) in [6.07, 6.45) is 16.6. The molecule has 18 nitrogen and oxygen atoms in total. The van der Waals surface area contributed by atoms with Gasteiger partial charge < -0.3 is 38.2 Å². The Balaban J connectivity index is 0.000000155. The van der Waals surface area contributed by atoms with Crippen LogP contribution in [0.4, 0.5) is 11.4 Å². The average Bonchev–Trinajstić information content (AvgIpc) is 4.04. The second-order valence-electron chi connectivity index (χ2n) is 17.8. The molecule has 4 fully saturated rings. The van der Waals surface area contributed by atoms with Crippen LogP contribution in [0.5, 0.6) is 0 Å². The van der Waals surface area contributed by atoms with E-state index in [0.29, 0.717) is 24.9 Å². The van der Waals surface area contributed by atoms with Crippen molar-refractivity contribution in [2.75, 3.05) is 76.3 Å². The number of carbonyl (C=O) groups is 2. The number of rotatable bonds is 10. The van der Waals surface area contributed by atoms with Crippen LogP contribution in [0.3, 0.4) is 0 Å². The number of hydrogen-bond donors (Lipinski definition) is 1. The van der Waals surface area contributed by atoms with Crippen molar-refractivity contribution in [1.29, 1.82) is 0 Å². The van der Waals surface area contributed by atoms with E-state index in [0.717, 1.165) is 75.0 Å². The molecule has 10 rings (SSSR count). The number of carboxylic acid groups (broad SMARTS) is 1. The summed E-state index contributed by atoms with van der Waals surface area (Å²) in [7, 11) is 4.33. The van der Waals surface area contributed by atoms with Gasteiger partial charge in [-0.2, -0.15) is 0 Å². The number of aromatic carboxylic acids is 1. The van der Waals surface area contributed by atoms with Gasteiger partial charge in [0.25, 0.3) is 0 Å². The highest BCUT2D eigenvalue weighted by Gasteiger charge is 2.29. The Morgan fingerprint density at radius 1 is 0.650 bits per heavy atom. The molecule has 0 aromatic carbocycles. The van der Waals surface area contributed by atoms with Crippen LogP contribution in [0.1, 0.15) is 102 Å². The standard InChI is InChI=1S/C23H31N7O2.C19H23N7O2/c1-23(2,3)32-22(31)19-15-30(26-25-19)14-18-13-29-12-17(16-5-6-16)11-20(21(29)24-18)28-9-7-27(4)8-10-28;1-23-4-6-24(7-5-23)17-8-14(13-2-3-13)9-25-10-15(20-18(17)25)11-26-12-16(19(27)28)21-22-26/h11-13,15-16H,5-10,14H2,1-4H3;8-10,12-13H,2-7,11H2,1H3,(H,27,28). The number of likely N-dealkylation sites (N-methyl/N-ethyl adjacent to an activating group) is 2. The molecule has 316 valence electrons. The van der Waals surface area contributed by atoms with Gasteiger partial charge in [0.15, 0.2) is 22.7 Å². The first-order valence-electron chi connectivity index (χ1n) is 21.0. The average molecular weight is 819 g/mol. The third-order valence-corrected chi connectivity index (χ3v) is 11.5. The third kappa shape index (κ3) is 8.99. The summed E-state index contributed by atoms with van der Waals surface area (Å²) < 4.78 is 12.8. The van der Waals surface area contributed by atoms with Gasteiger partial charge in [0.05, 0.1) is 48.2 Å². The number of piperazine rings is 2. The zero-order valence-electron chi connectivity index (χ0n) is 35.1. The molecular weight excluding hydrogens is 765 g/mol. The molecule has 2 saturated carbocycles. The molecule has 60 heavy (non-hydrogen) atoms. The van der Waals surface area contributed by atoms with E-state index in [1.807, 2.05) is 27.0 Å². The van der Waals surface area contributed by atoms with E-state index in [9.17, 15) is 9.59 Å². The molecule has 0 bridgehead atoms. The van der Waals surface area contributed by atoms with Crippen molar-refractivity contribution in [1.82, 2.24) is 58.6 Å². The number of nitrogens with zero attached hydrogens (tertiary/aromatic N) is 14. The van der Waals surface area contributed by atoms with Gasteiger partial charge >= 0.3 is 11.9 Å². The number of imidazole rings is 2. The largest absolute Gasteiger partial charge is 0.476 e. The fraction of sp³-hybridized carbons (Fsp3) is 0.524. The molecule has 0 amide bonds. The minimum atomic E-state index is -1.08. The summed E-state index contributed by atoms with van der Waals surface area (Å²) in [5.41, 5.74) is 8.39. The van der Waals surface area contributed by atoms with Gasteiger partial charge in [0.1, 0.15) is 5.60 Å². The SMILES string of the molecule is CN1CCN(c2cc(C3CC3)cn3cc(Cn4cc(C(=O)O)nn4)nc23)CC1.CN1CCN(c2cc(C3CC3)cn3cc(Cn4cc(C(=O)OC(C)(C)C)nn4)nc23)CC1. The van der Waals surface area contributed by atoms with Crippen molar-refractivity contribution in [3.05, 3.63) is 83.2 Å². The molecule has 6 aromatic rings. The Hall–Kier alpha value is -5.88. The second-order valence-corrected chi connectivity index (χ2v) is 17.8. The van der Waals surface area contributed by atoms with Crippen LogP contribution < -0.4 is 9.80 Å². The monoisotopic (exact) mass is 818 g/mol. The topological polar surface area (TPSA) is 173 Å². The van der Waals surface area contributed by atoms with Crippen LogP contribution in [0, 0.1) is 0 Å². The van der Waals surface area contributed by atoms with E-state index >= 15 is 0 Å². The van der Waals surface area contributed by atoms with E-state index in [2.05, 4.69) is 93.8 Å². The van der Waals surface area contributed by atoms with Crippen LogP contribution in [0.15, 0.2) is 49.3 Å². The van der Waals surface area contributed by atoms with E-state index < -0.39 is 17.5 Å². The minimum absolute atomic E-state index is 0.0575. The van der Waals surface area contributed by atoms with Gasteiger partial charge in [-0.1, -0.05) is 10.4 Å². The molecule has 8 heterocycles. The van der Waals surface area contributed by atoms with Crippen LogP contribution in [-0.4, -0.2) is 148 Å². The number of hydrogen-bond acceptors (Lipinski definition) is 13. The van der Waals surface area contributed by atoms with Crippen molar-refractivity contribution < 1.29 is 19.4 Å². The maximum absolute atomic E-state index is 12.3. The molecule has 2 aliphatic carbocycles. The quantitative estimate of drug-likeness (QED) is 0.198. The Labute approximate surface area is 348 Å². The summed E-state index contributed by atoms with van der Waals surface area (Å²) in [6, 6.07) is 4.65. The fourth-order valence-electron chi connectivity index (χ4n) is 7.90. The molecule has 18 heteroatoms. The van der Waals surface area contributed by atoms with Gasteiger partial charge in [-0.15, -0.1) is 10.2 Å². The van der Waals surface area contributed by atoms with Crippen LogP contribution >= 0.6 is 0 Å². The molecule has 0 radical (unpaired) electrons. The zero-order chi connectivity index (χ0) is 41.7. The van der Waals surface area contributed by atoms with Gasteiger partial charge in [-0.25, -0.2) is 28.9 Å². The zero-order valence-corrected chi connectivity index (χ0v) is 35.1. The molecule has 2 aliphatic heterocycles.